The van der Waals surface area contributed by atoms with Crippen molar-refractivity contribution in [1.29, 1.82) is 0 Å². The zero-order chi connectivity index (χ0) is 13.3. The van der Waals surface area contributed by atoms with Crippen LogP contribution < -0.4 is 5.73 Å². The fourth-order valence-electron chi connectivity index (χ4n) is 2.10. The fourth-order valence-corrected chi connectivity index (χ4v) is 2.27. The Balaban J connectivity index is 2.54. The highest BCUT2D eigenvalue weighted by atomic mass is 35.5. The molecule has 2 rings (SSSR count). The minimum atomic E-state index is 0.531. The fraction of sp³-hybridized carbons (Fsp3) is 0.357. The number of aromatic nitrogens is 2. The molecule has 0 atom stereocenters. The van der Waals surface area contributed by atoms with E-state index in [1.165, 1.54) is 0 Å². The average molecular weight is 264 g/mol. The lowest BCUT2D eigenvalue weighted by molar-refractivity contribution is 0.649. The van der Waals surface area contributed by atoms with Crippen molar-refractivity contribution in [3.63, 3.8) is 0 Å². The van der Waals surface area contributed by atoms with E-state index >= 15 is 0 Å². The van der Waals surface area contributed by atoms with Crippen molar-refractivity contribution in [3.05, 3.63) is 34.3 Å². The van der Waals surface area contributed by atoms with Gasteiger partial charge in [0.1, 0.15) is 5.82 Å². The summed E-state index contributed by atoms with van der Waals surface area (Å²) in [5.74, 6) is 1.11. The molecular weight excluding hydrogens is 246 g/mol. The number of hydrogen-bond donors (Lipinski definition) is 2. The Labute approximate surface area is 112 Å². The van der Waals surface area contributed by atoms with Gasteiger partial charge >= 0.3 is 0 Å². The number of anilines is 1. The van der Waals surface area contributed by atoms with Gasteiger partial charge < -0.3 is 5.73 Å². The number of H-pyrrole nitrogens is 1. The molecule has 0 unspecified atom stereocenters. The summed E-state index contributed by atoms with van der Waals surface area (Å²) in [5.41, 5.74) is 10.1. The van der Waals surface area contributed by atoms with E-state index in [9.17, 15) is 0 Å². The van der Waals surface area contributed by atoms with Gasteiger partial charge in [-0.25, -0.2) is 0 Å². The van der Waals surface area contributed by atoms with Gasteiger partial charge in [0.25, 0.3) is 0 Å². The lowest BCUT2D eigenvalue weighted by Crippen LogP contribution is -1.99. The van der Waals surface area contributed by atoms with E-state index in [2.05, 4.69) is 24.0 Å². The summed E-state index contributed by atoms with van der Waals surface area (Å²) in [4.78, 5) is 0. The molecule has 0 fully saturated rings. The molecule has 0 radical (unpaired) electrons. The van der Waals surface area contributed by atoms with Crippen molar-refractivity contribution in [2.45, 2.75) is 27.2 Å². The maximum absolute atomic E-state index is 6.16. The predicted octanol–water partition coefficient (Wildman–Crippen LogP) is 3.82. The van der Waals surface area contributed by atoms with Gasteiger partial charge in [0.05, 0.1) is 5.69 Å². The summed E-state index contributed by atoms with van der Waals surface area (Å²) >= 11 is 6.16. The van der Waals surface area contributed by atoms with Crippen LogP contribution in [0.2, 0.25) is 5.02 Å². The smallest absolute Gasteiger partial charge is 0.149 e. The maximum Gasteiger partial charge on any atom is 0.149 e. The number of aromatic amines is 1. The van der Waals surface area contributed by atoms with Gasteiger partial charge in [-0.2, -0.15) is 5.10 Å². The van der Waals surface area contributed by atoms with E-state index in [4.69, 9.17) is 17.3 Å². The van der Waals surface area contributed by atoms with Crippen LogP contribution in [0, 0.1) is 12.8 Å². The standard InChI is InChI=1S/C14H18ClN3/c1-8(2)7-11-13(17-18-14(11)16)10-5-4-6-12(15)9(10)3/h4-6,8H,7H2,1-3H3,(H3,16,17,18). The van der Waals surface area contributed by atoms with Crippen molar-refractivity contribution < 1.29 is 0 Å². The van der Waals surface area contributed by atoms with Gasteiger partial charge in [-0.3, -0.25) is 5.10 Å². The lowest BCUT2D eigenvalue weighted by Gasteiger charge is -2.10. The van der Waals surface area contributed by atoms with Crippen LogP contribution in [-0.4, -0.2) is 10.2 Å². The van der Waals surface area contributed by atoms with E-state index in [0.717, 1.165) is 33.8 Å². The molecule has 0 aliphatic rings. The second-order valence-corrected chi connectivity index (χ2v) is 5.38. The molecule has 0 aliphatic heterocycles. The third-order valence-electron chi connectivity index (χ3n) is 3.05. The van der Waals surface area contributed by atoms with E-state index < -0.39 is 0 Å². The van der Waals surface area contributed by atoms with Crippen molar-refractivity contribution in [2.75, 3.05) is 5.73 Å². The number of nitrogens with one attached hydrogen (secondary N) is 1. The average Bonchev–Trinajstić information content (AvgIpc) is 2.64. The highest BCUT2D eigenvalue weighted by Crippen LogP contribution is 2.32. The predicted molar refractivity (Wildman–Crippen MR) is 76.7 cm³/mol. The lowest BCUT2D eigenvalue weighted by atomic mass is 9.97. The summed E-state index contributed by atoms with van der Waals surface area (Å²) in [5, 5.41) is 7.92. The van der Waals surface area contributed by atoms with Gasteiger partial charge in [0, 0.05) is 16.1 Å². The van der Waals surface area contributed by atoms with Crippen LogP contribution in [0.3, 0.4) is 0 Å². The second-order valence-electron chi connectivity index (χ2n) is 4.97. The molecule has 0 aliphatic carbocycles. The second kappa shape index (κ2) is 5.02. The van der Waals surface area contributed by atoms with Crippen LogP contribution in [0.4, 0.5) is 5.82 Å². The molecule has 18 heavy (non-hydrogen) atoms. The van der Waals surface area contributed by atoms with Crippen LogP contribution in [0.25, 0.3) is 11.3 Å². The molecule has 96 valence electrons. The Morgan fingerprint density at radius 1 is 1.39 bits per heavy atom. The molecule has 4 heteroatoms. The number of halogens is 1. The van der Waals surface area contributed by atoms with Crippen molar-refractivity contribution >= 4 is 17.4 Å². The minimum absolute atomic E-state index is 0.531. The molecule has 1 aromatic heterocycles. The molecular formula is C14H18ClN3. The first-order chi connectivity index (χ1) is 8.50. The number of nitrogens with two attached hydrogens (primary N) is 1. The Kier molecular flexibility index (Phi) is 3.62. The van der Waals surface area contributed by atoms with Crippen molar-refractivity contribution in [3.8, 4) is 11.3 Å². The van der Waals surface area contributed by atoms with Crippen molar-refractivity contribution in [2.24, 2.45) is 5.92 Å². The van der Waals surface area contributed by atoms with Gasteiger partial charge in [0.15, 0.2) is 0 Å². The molecule has 0 amide bonds. The third kappa shape index (κ3) is 2.36. The largest absolute Gasteiger partial charge is 0.382 e. The van der Waals surface area contributed by atoms with Gasteiger partial charge in [0.2, 0.25) is 0 Å². The van der Waals surface area contributed by atoms with Gasteiger partial charge in [-0.05, 0) is 30.9 Å². The first-order valence-corrected chi connectivity index (χ1v) is 6.46. The molecule has 2 aromatic rings. The molecule has 3 nitrogen and oxygen atoms in total. The molecule has 0 saturated carbocycles. The maximum atomic E-state index is 6.16. The van der Waals surface area contributed by atoms with E-state index in [1.54, 1.807) is 0 Å². The summed E-state index contributed by atoms with van der Waals surface area (Å²) in [7, 11) is 0. The molecule has 1 heterocycles. The first kappa shape index (κ1) is 13.0. The topological polar surface area (TPSA) is 54.7 Å². The van der Waals surface area contributed by atoms with Crippen LogP contribution >= 0.6 is 11.6 Å². The Hall–Kier alpha value is -1.48. The third-order valence-corrected chi connectivity index (χ3v) is 3.46. The number of hydrogen-bond acceptors (Lipinski definition) is 2. The first-order valence-electron chi connectivity index (χ1n) is 6.09. The molecule has 1 aromatic carbocycles. The van der Waals surface area contributed by atoms with Crippen molar-refractivity contribution in [1.82, 2.24) is 10.2 Å². The number of benzene rings is 1. The van der Waals surface area contributed by atoms with Gasteiger partial charge in [-0.15, -0.1) is 0 Å². The van der Waals surface area contributed by atoms with Crippen LogP contribution in [-0.2, 0) is 6.42 Å². The number of nitrogens with zero attached hydrogens (tertiary/aromatic N) is 1. The summed E-state index contributed by atoms with van der Waals surface area (Å²) in [6, 6.07) is 5.88. The minimum Gasteiger partial charge on any atom is -0.382 e. The van der Waals surface area contributed by atoms with Gasteiger partial charge in [-0.1, -0.05) is 37.6 Å². The van der Waals surface area contributed by atoms with Crippen LogP contribution in [0.1, 0.15) is 25.0 Å². The monoisotopic (exact) mass is 263 g/mol. The van der Waals surface area contributed by atoms with E-state index in [-0.39, 0.29) is 0 Å². The molecule has 0 spiro atoms. The highest BCUT2D eigenvalue weighted by molar-refractivity contribution is 6.31. The molecule has 0 bridgehead atoms. The van der Waals surface area contributed by atoms with Crippen LogP contribution in [0.5, 0.6) is 0 Å². The molecule has 0 saturated heterocycles. The van der Waals surface area contributed by atoms with Crippen LogP contribution in [0.15, 0.2) is 18.2 Å². The number of rotatable bonds is 3. The van der Waals surface area contributed by atoms with E-state index in [1.807, 2.05) is 25.1 Å². The SMILES string of the molecule is Cc1c(Cl)cccc1-c1[nH]nc(N)c1CC(C)C. The number of nitrogen functional groups attached to an aromatic ring is 1. The molecule has 3 N–H and O–H groups in total. The summed E-state index contributed by atoms with van der Waals surface area (Å²) < 4.78 is 0. The zero-order valence-corrected chi connectivity index (χ0v) is 11.7. The quantitative estimate of drug-likeness (QED) is 0.885. The Bertz CT molecular complexity index is 558. The Morgan fingerprint density at radius 2 is 2.11 bits per heavy atom. The Morgan fingerprint density at radius 3 is 2.78 bits per heavy atom. The summed E-state index contributed by atoms with van der Waals surface area (Å²) in [6.45, 7) is 6.34. The van der Waals surface area contributed by atoms with E-state index in [0.29, 0.717) is 11.7 Å². The summed E-state index contributed by atoms with van der Waals surface area (Å²) in [6.07, 6.45) is 0.906. The normalized spacial score (nSPS) is 11.2. The zero-order valence-electron chi connectivity index (χ0n) is 10.9. The highest BCUT2D eigenvalue weighted by Gasteiger charge is 2.16.